The number of rotatable bonds is 6. The van der Waals surface area contributed by atoms with Crippen molar-refractivity contribution in [1.29, 1.82) is 0 Å². The van der Waals surface area contributed by atoms with Crippen molar-refractivity contribution in [2.45, 2.75) is 44.7 Å². The Morgan fingerprint density at radius 2 is 1.21 bits per heavy atom. The molecule has 8 N–H and O–H groups in total. The zero-order valence-corrected chi connectivity index (χ0v) is 15.0. The molecule has 0 aromatic rings. The van der Waals surface area contributed by atoms with Crippen molar-refractivity contribution >= 4 is 23.8 Å². The molecule has 0 heterocycles. The molecular formula is C13H21F6N3O7. The molecule has 0 spiro atoms. The van der Waals surface area contributed by atoms with Gasteiger partial charge in [-0.25, -0.2) is 14.4 Å². The molecule has 10 nitrogen and oxygen atoms in total. The number of hydrogen-bond donors (Lipinski definition) is 6. The molecule has 0 aromatic heterocycles. The summed E-state index contributed by atoms with van der Waals surface area (Å²) in [5.74, 6) is -6.91. The van der Waals surface area contributed by atoms with E-state index in [0.29, 0.717) is 6.42 Å². The molecule has 0 bridgehead atoms. The summed E-state index contributed by atoms with van der Waals surface area (Å²) >= 11 is 0. The topological polar surface area (TPSA) is 193 Å². The third-order valence-electron chi connectivity index (χ3n) is 2.40. The molecule has 0 radical (unpaired) electrons. The van der Waals surface area contributed by atoms with Crippen LogP contribution in [0.2, 0.25) is 0 Å². The molecule has 0 unspecified atom stereocenters. The van der Waals surface area contributed by atoms with Crippen LogP contribution in [0.4, 0.5) is 26.3 Å². The van der Waals surface area contributed by atoms with E-state index in [1.54, 1.807) is 0 Å². The Labute approximate surface area is 159 Å². The summed E-state index contributed by atoms with van der Waals surface area (Å²) in [4.78, 5) is 39.9. The fourth-order valence-electron chi connectivity index (χ4n) is 1.08. The molecule has 2 atom stereocenters. The van der Waals surface area contributed by atoms with Crippen LogP contribution in [0, 0.1) is 5.92 Å². The van der Waals surface area contributed by atoms with Gasteiger partial charge in [0.2, 0.25) is 5.91 Å². The standard InChI is InChI=1S/C9H19N3O3.2C2HF3O2/c1-5(2)3-7(9(14)15)12-8(13)6(11)4-10;2*3-2(4,5)1(6)7/h5-7H,3-4,10-11H2,1-2H3,(H,12,13)(H,14,15);2*(H,6,7)/t6-,7-;;/m0../s1. The van der Waals surface area contributed by atoms with Crippen LogP contribution < -0.4 is 16.8 Å². The fourth-order valence-corrected chi connectivity index (χ4v) is 1.08. The van der Waals surface area contributed by atoms with Crippen molar-refractivity contribution in [2.75, 3.05) is 6.54 Å². The Kier molecular flexibility index (Phi) is 14.5. The number of amides is 1. The van der Waals surface area contributed by atoms with Crippen LogP contribution in [0.3, 0.4) is 0 Å². The normalized spacial score (nSPS) is 13.1. The first-order chi connectivity index (χ1) is 12.8. The van der Waals surface area contributed by atoms with Gasteiger partial charge in [0, 0.05) is 6.54 Å². The highest BCUT2D eigenvalue weighted by atomic mass is 19.4. The van der Waals surface area contributed by atoms with E-state index in [1.165, 1.54) is 0 Å². The Morgan fingerprint density at radius 3 is 1.38 bits per heavy atom. The number of nitrogens with two attached hydrogens (primary N) is 2. The predicted molar refractivity (Wildman–Crippen MR) is 83.4 cm³/mol. The zero-order valence-electron chi connectivity index (χ0n) is 15.0. The van der Waals surface area contributed by atoms with Crippen molar-refractivity contribution < 1.29 is 60.8 Å². The van der Waals surface area contributed by atoms with Gasteiger partial charge in [0.05, 0.1) is 6.04 Å². The molecule has 0 aliphatic rings. The molecule has 0 saturated carbocycles. The van der Waals surface area contributed by atoms with Gasteiger partial charge in [0.15, 0.2) is 0 Å². The van der Waals surface area contributed by atoms with E-state index in [1.807, 2.05) is 13.8 Å². The van der Waals surface area contributed by atoms with Crippen LogP contribution >= 0.6 is 0 Å². The molecule has 16 heteroatoms. The van der Waals surface area contributed by atoms with E-state index < -0.39 is 48.3 Å². The molecular weight excluding hydrogens is 424 g/mol. The molecule has 0 aliphatic heterocycles. The lowest BCUT2D eigenvalue weighted by Gasteiger charge is -2.18. The minimum Gasteiger partial charge on any atom is -0.480 e. The van der Waals surface area contributed by atoms with Gasteiger partial charge in [0.25, 0.3) is 0 Å². The molecule has 172 valence electrons. The lowest BCUT2D eigenvalue weighted by molar-refractivity contribution is -0.193. The number of alkyl halides is 6. The highest BCUT2D eigenvalue weighted by Gasteiger charge is 2.38. The smallest absolute Gasteiger partial charge is 0.480 e. The first-order valence-corrected chi connectivity index (χ1v) is 7.36. The number of carboxylic acid groups (broad SMARTS) is 3. The van der Waals surface area contributed by atoms with Gasteiger partial charge in [-0.2, -0.15) is 26.3 Å². The summed E-state index contributed by atoms with van der Waals surface area (Å²) in [5.41, 5.74) is 10.6. The van der Waals surface area contributed by atoms with E-state index in [4.69, 9.17) is 36.4 Å². The molecule has 0 rings (SSSR count). The lowest BCUT2D eigenvalue weighted by Crippen LogP contribution is -2.51. The van der Waals surface area contributed by atoms with Crippen LogP contribution in [0.1, 0.15) is 20.3 Å². The zero-order chi connectivity index (χ0) is 24.2. The SMILES string of the molecule is CC(C)C[C@H](NC(=O)[C@@H](N)CN)C(=O)O.O=C(O)C(F)(F)F.O=C(O)C(F)(F)F. The van der Waals surface area contributed by atoms with E-state index in [0.717, 1.165) is 0 Å². The fraction of sp³-hybridized carbons (Fsp3) is 0.692. The van der Waals surface area contributed by atoms with Crippen LogP contribution in [0.25, 0.3) is 0 Å². The minimum atomic E-state index is -5.08. The second-order valence-electron chi connectivity index (χ2n) is 5.48. The van der Waals surface area contributed by atoms with E-state index in [2.05, 4.69) is 5.32 Å². The van der Waals surface area contributed by atoms with Gasteiger partial charge in [-0.3, -0.25) is 4.79 Å². The first-order valence-electron chi connectivity index (χ1n) is 7.36. The Morgan fingerprint density at radius 1 is 0.897 bits per heavy atom. The number of carbonyl (C=O) groups is 4. The lowest BCUT2D eigenvalue weighted by atomic mass is 10.0. The first kappa shape index (κ1) is 31.1. The van der Waals surface area contributed by atoms with Gasteiger partial charge >= 0.3 is 30.3 Å². The summed E-state index contributed by atoms with van der Waals surface area (Å²) in [7, 11) is 0. The average Bonchev–Trinajstić information content (AvgIpc) is 2.52. The van der Waals surface area contributed by atoms with Crippen LogP contribution in [-0.2, 0) is 19.2 Å². The molecule has 0 saturated heterocycles. The van der Waals surface area contributed by atoms with E-state index in [9.17, 15) is 35.9 Å². The van der Waals surface area contributed by atoms with Gasteiger partial charge in [-0.05, 0) is 12.3 Å². The highest BCUT2D eigenvalue weighted by molar-refractivity contribution is 5.86. The second-order valence-corrected chi connectivity index (χ2v) is 5.48. The number of carboxylic acids is 3. The van der Waals surface area contributed by atoms with Gasteiger partial charge in [-0.1, -0.05) is 13.8 Å². The highest BCUT2D eigenvalue weighted by Crippen LogP contribution is 2.13. The summed E-state index contributed by atoms with van der Waals surface area (Å²) < 4.78 is 63.5. The summed E-state index contributed by atoms with van der Waals surface area (Å²) in [5, 5.41) is 25.4. The summed E-state index contributed by atoms with van der Waals surface area (Å²) in [6.45, 7) is 3.76. The largest absolute Gasteiger partial charge is 0.490 e. The Bertz CT molecular complexity index is 528. The summed E-state index contributed by atoms with van der Waals surface area (Å²) in [6, 6.07) is -1.74. The molecule has 0 fully saturated rings. The van der Waals surface area contributed by atoms with Crippen molar-refractivity contribution in [3.05, 3.63) is 0 Å². The van der Waals surface area contributed by atoms with Gasteiger partial charge < -0.3 is 32.1 Å². The molecule has 0 aliphatic carbocycles. The number of carbonyl (C=O) groups excluding carboxylic acids is 1. The number of aliphatic carboxylic acids is 3. The quantitative estimate of drug-likeness (QED) is 0.309. The Hall–Kier alpha value is -2.62. The van der Waals surface area contributed by atoms with Crippen LogP contribution in [-0.4, -0.2) is 70.1 Å². The average molecular weight is 445 g/mol. The monoisotopic (exact) mass is 445 g/mol. The van der Waals surface area contributed by atoms with Crippen molar-refractivity contribution in [1.82, 2.24) is 5.32 Å². The molecule has 0 aromatic carbocycles. The molecule has 29 heavy (non-hydrogen) atoms. The van der Waals surface area contributed by atoms with Crippen molar-refractivity contribution in [3.8, 4) is 0 Å². The molecule has 1 amide bonds. The Balaban J connectivity index is -0.000000402. The van der Waals surface area contributed by atoms with Crippen molar-refractivity contribution in [2.24, 2.45) is 17.4 Å². The maximum atomic E-state index is 11.3. The maximum Gasteiger partial charge on any atom is 0.490 e. The van der Waals surface area contributed by atoms with Crippen molar-refractivity contribution in [3.63, 3.8) is 0 Å². The van der Waals surface area contributed by atoms with E-state index >= 15 is 0 Å². The number of nitrogens with one attached hydrogen (secondary N) is 1. The van der Waals surface area contributed by atoms with Gasteiger partial charge in [-0.15, -0.1) is 0 Å². The van der Waals surface area contributed by atoms with Crippen LogP contribution in [0.5, 0.6) is 0 Å². The summed E-state index contributed by atoms with van der Waals surface area (Å²) in [6.07, 6.45) is -9.79. The second kappa shape index (κ2) is 13.5. The third kappa shape index (κ3) is 18.5. The maximum absolute atomic E-state index is 11.3. The van der Waals surface area contributed by atoms with E-state index in [-0.39, 0.29) is 12.5 Å². The number of hydrogen-bond acceptors (Lipinski definition) is 6. The van der Waals surface area contributed by atoms with Gasteiger partial charge in [0.1, 0.15) is 6.04 Å². The minimum absolute atomic E-state index is 0.000148. The predicted octanol–water partition coefficient (Wildman–Crippen LogP) is 0.155. The third-order valence-corrected chi connectivity index (χ3v) is 2.40. The number of halogens is 6. The van der Waals surface area contributed by atoms with Crippen LogP contribution in [0.15, 0.2) is 0 Å².